The summed E-state index contributed by atoms with van der Waals surface area (Å²) in [5.74, 6) is 0.233. The van der Waals surface area contributed by atoms with Crippen LogP contribution in [0.3, 0.4) is 0 Å². The number of benzene rings is 2. The molecule has 3 aliphatic rings. The first-order valence-corrected chi connectivity index (χ1v) is 16.8. The molecule has 4 atom stereocenters. The summed E-state index contributed by atoms with van der Waals surface area (Å²) in [4.78, 5) is 15.2. The van der Waals surface area contributed by atoms with E-state index < -0.39 is 27.6 Å². The van der Waals surface area contributed by atoms with Crippen molar-refractivity contribution in [3.8, 4) is 5.75 Å². The molecule has 0 radical (unpaired) electrons. The number of hydrogen-bond donors (Lipinski definition) is 3. The monoisotopic (exact) mass is 627 g/mol. The highest BCUT2D eigenvalue weighted by Gasteiger charge is 2.44. The van der Waals surface area contributed by atoms with Gasteiger partial charge in [-0.1, -0.05) is 29.8 Å². The number of carbonyl (C=O) groups excluding carboxylic acids is 1. The van der Waals surface area contributed by atoms with Gasteiger partial charge in [-0.25, -0.2) is 13.1 Å². The maximum absolute atomic E-state index is 13.5. The van der Waals surface area contributed by atoms with Crippen molar-refractivity contribution in [1.82, 2.24) is 10.0 Å². The summed E-state index contributed by atoms with van der Waals surface area (Å²) in [5.41, 5.74) is 1.65. The Bertz CT molecular complexity index is 1510. The van der Waals surface area contributed by atoms with Crippen molar-refractivity contribution in [2.75, 3.05) is 31.1 Å². The first-order chi connectivity index (χ1) is 20.4. The van der Waals surface area contributed by atoms with E-state index in [0.717, 1.165) is 32.1 Å². The quantitative estimate of drug-likeness (QED) is 0.327. The zero-order valence-electron chi connectivity index (χ0n) is 24.9. The number of sulfonamides is 1. The van der Waals surface area contributed by atoms with Gasteiger partial charge in [-0.15, -0.1) is 13.2 Å². The van der Waals surface area contributed by atoms with Crippen LogP contribution in [-0.4, -0.2) is 57.3 Å². The molecular weight excluding hydrogens is 586 g/mol. The maximum atomic E-state index is 13.5. The molecular formula is C33H42ClN3O5S. The molecule has 2 aromatic rings. The number of halogens is 1. The van der Waals surface area contributed by atoms with E-state index in [1.807, 2.05) is 12.1 Å². The van der Waals surface area contributed by atoms with E-state index in [2.05, 4.69) is 34.2 Å². The molecule has 8 nitrogen and oxygen atoms in total. The number of aliphatic hydroxyl groups is 1. The number of rotatable bonds is 10. The Morgan fingerprint density at radius 2 is 2.05 bits per heavy atom. The highest BCUT2D eigenvalue weighted by molar-refractivity contribution is 7.90. The Hall–Kier alpha value is -2.85. The van der Waals surface area contributed by atoms with Crippen LogP contribution in [0.15, 0.2) is 66.6 Å². The molecule has 0 unspecified atom stereocenters. The van der Waals surface area contributed by atoms with E-state index in [-0.39, 0.29) is 22.1 Å². The predicted molar refractivity (Wildman–Crippen MR) is 170 cm³/mol. The van der Waals surface area contributed by atoms with Gasteiger partial charge in [-0.2, -0.15) is 0 Å². The molecule has 1 aliphatic heterocycles. The van der Waals surface area contributed by atoms with Gasteiger partial charge in [0.15, 0.2) is 0 Å². The number of hydrogen-bond acceptors (Lipinski definition) is 7. The SMILES string of the molecule is C=CCNC(C)(C)C(=O)NS(=O)(=O)c1ccc2c(c1)N(C[C@@H]1CC[C@H]1[C@@H](O)C=C)C[C@@]1(CCCc3cc(Cl)ccc31)CO2. The number of aliphatic hydroxyl groups excluding tert-OH is 1. The Kier molecular flexibility index (Phi) is 9.01. The van der Waals surface area contributed by atoms with Crippen LogP contribution in [0.1, 0.15) is 50.7 Å². The predicted octanol–water partition coefficient (Wildman–Crippen LogP) is 4.75. The number of carbonyl (C=O) groups is 1. The fourth-order valence-electron chi connectivity index (χ4n) is 6.71. The molecule has 1 spiro atoms. The van der Waals surface area contributed by atoms with Crippen LogP contribution >= 0.6 is 11.6 Å². The number of anilines is 1. The number of nitrogens with zero attached hydrogens (tertiary/aromatic N) is 1. The molecule has 232 valence electrons. The van der Waals surface area contributed by atoms with Gasteiger partial charge in [0.25, 0.3) is 15.9 Å². The fraction of sp³-hybridized carbons (Fsp3) is 0.485. The van der Waals surface area contributed by atoms with Crippen LogP contribution in [0.25, 0.3) is 0 Å². The zero-order valence-corrected chi connectivity index (χ0v) is 26.5. The van der Waals surface area contributed by atoms with Gasteiger partial charge in [0.05, 0.1) is 28.8 Å². The standard InChI is InChI=1S/C33H42ClN3O5S/c1-5-16-35-32(3,4)31(39)36-43(40,41)25-11-14-30-28(18-25)37(19-23-9-12-26(23)29(38)6-2)20-33(21-42-30)15-7-8-22-17-24(34)10-13-27(22)33/h5-6,10-11,13-14,17-18,23,26,29,35,38H,1-2,7-9,12,15-16,19-21H2,3-4H3,(H,36,39)/t23-,26+,29-,33-/m0/s1. The van der Waals surface area contributed by atoms with Crippen molar-refractivity contribution in [1.29, 1.82) is 0 Å². The summed E-state index contributed by atoms with van der Waals surface area (Å²) in [6.45, 7) is 12.7. The van der Waals surface area contributed by atoms with Gasteiger partial charge in [-0.3, -0.25) is 4.79 Å². The highest BCUT2D eigenvalue weighted by Crippen LogP contribution is 2.47. The van der Waals surface area contributed by atoms with Gasteiger partial charge < -0.3 is 20.1 Å². The summed E-state index contributed by atoms with van der Waals surface area (Å²) in [6.07, 6.45) is 7.34. The van der Waals surface area contributed by atoms with E-state index >= 15 is 0 Å². The molecule has 0 aromatic heterocycles. The molecule has 5 rings (SSSR count). The van der Waals surface area contributed by atoms with E-state index in [1.165, 1.54) is 17.2 Å². The fourth-order valence-corrected chi connectivity index (χ4v) is 8.03. The van der Waals surface area contributed by atoms with Gasteiger partial charge >= 0.3 is 0 Å². The summed E-state index contributed by atoms with van der Waals surface area (Å²) < 4.78 is 35.8. The van der Waals surface area contributed by atoms with Crippen LogP contribution in [0.2, 0.25) is 5.02 Å². The Balaban J connectivity index is 1.51. The van der Waals surface area contributed by atoms with E-state index in [1.54, 1.807) is 38.1 Å². The molecule has 10 heteroatoms. The second-order valence-corrected chi connectivity index (χ2v) is 14.8. The summed E-state index contributed by atoms with van der Waals surface area (Å²) in [7, 11) is -4.19. The molecule has 1 amide bonds. The minimum absolute atomic E-state index is 0.0178. The minimum atomic E-state index is -4.19. The highest BCUT2D eigenvalue weighted by atomic mass is 35.5. The first-order valence-electron chi connectivity index (χ1n) is 14.9. The Morgan fingerprint density at radius 1 is 1.26 bits per heavy atom. The van der Waals surface area contributed by atoms with E-state index in [9.17, 15) is 18.3 Å². The summed E-state index contributed by atoms with van der Waals surface area (Å²) in [6, 6.07) is 10.9. The largest absolute Gasteiger partial charge is 0.490 e. The van der Waals surface area contributed by atoms with Gasteiger partial charge in [-0.05, 0) is 99.2 Å². The lowest BCUT2D eigenvalue weighted by Crippen LogP contribution is -2.53. The smallest absolute Gasteiger partial charge is 0.264 e. The van der Waals surface area contributed by atoms with Crippen molar-refractivity contribution in [3.05, 3.63) is 77.9 Å². The molecule has 1 saturated carbocycles. The average molecular weight is 628 g/mol. The number of nitrogens with one attached hydrogen (secondary N) is 2. The number of fused-ring (bicyclic) bond motifs is 3. The average Bonchev–Trinajstić information content (AvgIpc) is 3.10. The van der Waals surface area contributed by atoms with Crippen LogP contribution in [-0.2, 0) is 26.7 Å². The van der Waals surface area contributed by atoms with E-state index in [4.69, 9.17) is 16.3 Å². The Labute approximate surface area is 260 Å². The molecule has 1 heterocycles. The van der Waals surface area contributed by atoms with Crippen LogP contribution < -0.4 is 19.7 Å². The molecule has 0 saturated heterocycles. The molecule has 2 aromatic carbocycles. The van der Waals surface area contributed by atoms with Crippen molar-refractivity contribution < 1.29 is 23.1 Å². The maximum Gasteiger partial charge on any atom is 0.264 e. The van der Waals surface area contributed by atoms with Crippen molar-refractivity contribution in [2.24, 2.45) is 11.8 Å². The van der Waals surface area contributed by atoms with Crippen molar-refractivity contribution >= 4 is 33.2 Å². The lowest BCUT2D eigenvalue weighted by atomic mass is 9.68. The first kappa shape index (κ1) is 31.6. The molecule has 2 aliphatic carbocycles. The van der Waals surface area contributed by atoms with Gasteiger partial charge in [0, 0.05) is 30.1 Å². The second kappa shape index (κ2) is 12.3. The molecule has 43 heavy (non-hydrogen) atoms. The van der Waals surface area contributed by atoms with E-state index in [0.29, 0.717) is 42.7 Å². The summed E-state index contributed by atoms with van der Waals surface area (Å²) in [5, 5.41) is 14.3. The molecule has 1 fully saturated rings. The lowest BCUT2D eigenvalue weighted by Gasteiger charge is -2.45. The number of aryl methyl sites for hydroxylation is 1. The van der Waals surface area contributed by atoms with Crippen LogP contribution in [0.5, 0.6) is 5.75 Å². The zero-order chi connectivity index (χ0) is 31.0. The molecule has 3 N–H and O–H groups in total. The topological polar surface area (TPSA) is 108 Å². The van der Waals surface area contributed by atoms with Crippen molar-refractivity contribution in [2.45, 2.75) is 67.9 Å². The number of ether oxygens (including phenoxy) is 1. The molecule has 0 bridgehead atoms. The third kappa shape index (κ3) is 6.36. The minimum Gasteiger partial charge on any atom is -0.490 e. The van der Waals surface area contributed by atoms with Gasteiger partial charge in [0.2, 0.25) is 0 Å². The van der Waals surface area contributed by atoms with Crippen molar-refractivity contribution in [3.63, 3.8) is 0 Å². The van der Waals surface area contributed by atoms with Crippen LogP contribution in [0, 0.1) is 11.8 Å². The van der Waals surface area contributed by atoms with Gasteiger partial charge in [0.1, 0.15) is 5.75 Å². The third-order valence-electron chi connectivity index (χ3n) is 9.41. The second-order valence-electron chi connectivity index (χ2n) is 12.7. The normalized spacial score (nSPS) is 24.0. The number of amides is 1. The lowest BCUT2D eigenvalue weighted by molar-refractivity contribution is -0.124. The van der Waals surface area contributed by atoms with Crippen LogP contribution in [0.4, 0.5) is 5.69 Å². The Morgan fingerprint density at radius 3 is 2.74 bits per heavy atom. The third-order valence-corrected chi connectivity index (χ3v) is 11.0. The summed E-state index contributed by atoms with van der Waals surface area (Å²) >= 11 is 6.37.